The van der Waals surface area contributed by atoms with E-state index in [1.165, 1.54) is 11.3 Å². The maximum absolute atomic E-state index is 5.72. The number of aromatic nitrogens is 2. The minimum Gasteiger partial charge on any atom is -0.375 e. The Labute approximate surface area is 120 Å². The van der Waals surface area contributed by atoms with Crippen LogP contribution in [-0.4, -0.2) is 30.0 Å². The predicted molar refractivity (Wildman–Crippen MR) is 80.7 cm³/mol. The molecule has 20 heavy (non-hydrogen) atoms. The smallest absolute Gasteiger partial charge is 0.0977 e. The first-order valence-corrected chi connectivity index (χ1v) is 6.90. The lowest BCUT2D eigenvalue weighted by atomic mass is 9.98. The molecule has 0 saturated heterocycles. The Morgan fingerprint density at radius 2 is 2.00 bits per heavy atom. The van der Waals surface area contributed by atoms with Gasteiger partial charge < -0.3 is 10.1 Å². The van der Waals surface area contributed by atoms with Crippen LogP contribution < -0.4 is 5.32 Å². The van der Waals surface area contributed by atoms with Crippen molar-refractivity contribution >= 4 is 0 Å². The lowest BCUT2D eigenvalue weighted by molar-refractivity contribution is 0.0698. The maximum Gasteiger partial charge on any atom is 0.0977 e. The van der Waals surface area contributed by atoms with Gasteiger partial charge >= 0.3 is 0 Å². The fourth-order valence-corrected chi connectivity index (χ4v) is 2.62. The van der Waals surface area contributed by atoms with Crippen LogP contribution in [0.5, 0.6) is 0 Å². The van der Waals surface area contributed by atoms with Crippen molar-refractivity contribution in [2.45, 2.75) is 25.5 Å². The van der Waals surface area contributed by atoms with Crippen molar-refractivity contribution in [3.05, 3.63) is 53.3 Å². The number of rotatable bonds is 6. The summed E-state index contributed by atoms with van der Waals surface area (Å²) in [6.07, 6.45) is 0.901. The van der Waals surface area contributed by atoms with Crippen LogP contribution in [0.2, 0.25) is 0 Å². The number of nitrogens with one attached hydrogen (secondary N) is 1. The molecular formula is C16H23N3O. The van der Waals surface area contributed by atoms with E-state index >= 15 is 0 Å². The van der Waals surface area contributed by atoms with Crippen LogP contribution in [0.1, 0.15) is 23.1 Å². The van der Waals surface area contributed by atoms with E-state index in [4.69, 9.17) is 4.74 Å². The van der Waals surface area contributed by atoms with E-state index in [0.717, 1.165) is 12.1 Å². The molecule has 0 spiro atoms. The minimum absolute atomic E-state index is 0.0245. The van der Waals surface area contributed by atoms with Gasteiger partial charge in [-0.15, -0.1) is 0 Å². The summed E-state index contributed by atoms with van der Waals surface area (Å²) in [4.78, 5) is 0. The molecule has 2 rings (SSSR count). The van der Waals surface area contributed by atoms with Crippen molar-refractivity contribution in [2.75, 3.05) is 14.2 Å². The van der Waals surface area contributed by atoms with Crippen molar-refractivity contribution in [3.8, 4) is 0 Å². The summed E-state index contributed by atoms with van der Waals surface area (Å²) in [7, 11) is 5.72. The molecule has 1 aromatic carbocycles. The van der Waals surface area contributed by atoms with E-state index in [0.29, 0.717) is 0 Å². The summed E-state index contributed by atoms with van der Waals surface area (Å²) in [6, 6.07) is 12.7. The van der Waals surface area contributed by atoms with Crippen LogP contribution in [0.4, 0.5) is 0 Å². The fourth-order valence-electron chi connectivity index (χ4n) is 2.62. The molecule has 0 aliphatic rings. The van der Waals surface area contributed by atoms with Gasteiger partial charge in [0, 0.05) is 32.3 Å². The third-order valence-electron chi connectivity index (χ3n) is 3.65. The van der Waals surface area contributed by atoms with Gasteiger partial charge in [-0.2, -0.15) is 5.10 Å². The average Bonchev–Trinajstić information content (AvgIpc) is 2.77. The molecule has 0 aliphatic carbocycles. The molecule has 0 fully saturated rings. The Hall–Kier alpha value is -1.65. The van der Waals surface area contributed by atoms with E-state index in [1.807, 2.05) is 43.9 Å². The molecule has 2 aromatic rings. The zero-order valence-electron chi connectivity index (χ0n) is 12.6. The van der Waals surface area contributed by atoms with E-state index in [-0.39, 0.29) is 12.1 Å². The SMILES string of the molecule is CNC(Cc1cc(C)nn1C)C(OC)c1ccccc1. The highest BCUT2D eigenvalue weighted by Gasteiger charge is 2.23. The van der Waals surface area contributed by atoms with Crippen LogP contribution in [0.15, 0.2) is 36.4 Å². The van der Waals surface area contributed by atoms with Crippen molar-refractivity contribution in [1.82, 2.24) is 15.1 Å². The standard InChI is InChI=1S/C16H23N3O/c1-12-10-14(19(3)18-12)11-15(17-2)16(20-4)13-8-6-5-7-9-13/h5-10,15-17H,11H2,1-4H3. The quantitative estimate of drug-likeness (QED) is 0.877. The highest BCUT2D eigenvalue weighted by Crippen LogP contribution is 2.23. The second-order valence-electron chi connectivity index (χ2n) is 5.07. The topological polar surface area (TPSA) is 39.1 Å². The Morgan fingerprint density at radius 3 is 2.50 bits per heavy atom. The van der Waals surface area contributed by atoms with Gasteiger partial charge in [0.05, 0.1) is 11.8 Å². The zero-order chi connectivity index (χ0) is 14.5. The number of nitrogens with zero attached hydrogens (tertiary/aromatic N) is 2. The number of hydrogen-bond acceptors (Lipinski definition) is 3. The van der Waals surface area contributed by atoms with Gasteiger partial charge in [-0.25, -0.2) is 0 Å². The number of aryl methyl sites for hydroxylation is 2. The molecule has 2 atom stereocenters. The van der Waals surface area contributed by atoms with Crippen LogP contribution in [0, 0.1) is 6.92 Å². The van der Waals surface area contributed by atoms with E-state index < -0.39 is 0 Å². The van der Waals surface area contributed by atoms with Gasteiger partial charge in [0.1, 0.15) is 0 Å². The van der Waals surface area contributed by atoms with E-state index in [2.05, 4.69) is 28.6 Å². The summed E-state index contributed by atoms with van der Waals surface area (Å²) in [5.74, 6) is 0. The average molecular weight is 273 g/mol. The predicted octanol–water partition coefficient (Wildman–Crippen LogP) is 2.25. The van der Waals surface area contributed by atoms with Gasteiger partial charge in [-0.1, -0.05) is 30.3 Å². The lowest BCUT2D eigenvalue weighted by Gasteiger charge is -2.26. The number of likely N-dealkylation sites (N-methyl/N-ethyl adjacent to an activating group) is 1. The monoisotopic (exact) mass is 273 g/mol. The van der Waals surface area contributed by atoms with E-state index in [1.54, 1.807) is 7.11 Å². The van der Waals surface area contributed by atoms with E-state index in [9.17, 15) is 0 Å². The first kappa shape index (κ1) is 14.8. The summed E-state index contributed by atoms with van der Waals surface area (Å²) >= 11 is 0. The minimum atomic E-state index is 0.0245. The summed E-state index contributed by atoms with van der Waals surface area (Å²) in [5, 5.41) is 7.77. The van der Waals surface area contributed by atoms with Gasteiger partial charge in [0.15, 0.2) is 0 Å². The van der Waals surface area contributed by atoms with Crippen molar-refractivity contribution in [2.24, 2.45) is 7.05 Å². The van der Waals surface area contributed by atoms with Crippen LogP contribution >= 0.6 is 0 Å². The van der Waals surface area contributed by atoms with Crippen molar-refractivity contribution < 1.29 is 4.74 Å². The first-order chi connectivity index (χ1) is 9.65. The second kappa shape index (κ2) is 6.68. The number of methoxy groups -OCH3 is 1. The molecule has 0 bridgehead atoms. The summed E-state index contributed by atoms with van der Waals surface area (Å²) < 4.78 is 7.66. The van der Waals surface area contributed by atoms with Crippen molar-refractivity contribution in [3.63, 3.8) is 0 Å². The van der Waals surface area contributed by atoms with Crippen LogP contribution in [0.25, 0.3) is 0 Å². The van der Waals surface area contributed by atoms with Gasteiger partial charge in [-0.05, 0) is 25.6 Å². The molecule has 4 heteroatoms. The molecule has 1 N–H and O–H groups in total. The Bertz CT molecular complexity index is 536. The highest BCUT2D eigenvalue weighted by atomic mass is 16.5. The van der Waals surface area contributed by atoms with Gasteiger partial charge in [0.25, 0.3) is 0 Å². The Kier molecular flexibility index (Phi) is 4.93. The van der Waals surface area contributed by atoms with Gasteiger partial charge in [0.2, 0.25) is 0 Å². The lowest BCUT2D eigenvalue weighted by Crippen LogP contribution is -2.35. The highest BCUT2D eigenvalue weighted by molar-refractivity contribution is 5.20. The largest absolute Gasteiger partial charge is 0.375 e. The first-order valence-electron chi connectivity index (χ1n) is 6.90. The number of ether oxygens (including phenoxy) is 1. The maximum atomic E-state index is 5.72. The molecule has 1 heterocycles. The molecule has 0 aliphatic heterocycles. The summed E-state index contributed by atoms with van der Waals surface area (Å²) in [6.45, 7) is 2.02. The molecule has 0 radical (unpaired) electrons. The molecule has 4 nitrogen and oxygen atoms in total. The molecule has 2 unspecified atom stereocenters. The Morgan fingerprint density at radius 1 is 1.30 bits per heavy atom. The molecule has 108 valence electrons. The zero-order valence-corrected chi connectivity index (χ0v) is 12.6. The number of benzene rings is 1. The number of hydrogen-bond donors (Lipinski definition) is 1. The van der Waals surface area contributed by atoms with Crippen LogP contribution in [0.3, 0.4) is 0 Å². The van der Waals surface area contributed by atoms with Gasteiger partial charge in [-0.3, -0.25) is 4.68 Å². The van der Waals surface area contributed by atoms with Crippen molar-refractivity contribution in [1.29, 1.82) is 0 Å². The molecule has 1 aromatic heterocycles. The van der Waals surface area contributed by atoms with Crippen LogP contribution in [-0.2, 0) is 18.2 Å². The Balaban J connectivity index is 2.20. The molecule has 0 saturated carbocycles. The second-order valence-corrected chi connectivity index (χ2v) is 5.07. The normalized spacial score (nSPS) is 14.2. The third-order valence-corrected chi connectivity index (χ3v) is 3.65. The molecular weight excluding hydrogens is 250 g/mol. The molecule has 0 amide bonds. The fraction of sp³-hybridized carbons (Fsp3) is 0.438. The third kappa shape index (κ3) is 3.26. The summed E-state index contributed by atoms with van der Waals surface area (Å²) in [5.41, 5.74) is 3.44.